The fourth-order valence-electron chi connectivity index (χ4n) is 1.22. The third kappa shape index (κ3) is 3.75. The lowest BCUT2D eigenvalue weighted by Crippen LogP contribution is -2.18. The monoisotopic (exact) mass is 250 g/mol. The van der Waals surface area contributed by atoms with Gasteiger partial charge in [-0.15, -0.1) is 5.10 Å². The van der Waals surface area contributed by atoms with Crippen LogP contribution in [-0.4, -0.2) is 40.4 Å². The Labute approximate surface area is 104 Å². The van der Waals surface area contributed by atoms with Crippen LogP contribution in [0.1, 0.15) is 5.89 Å². The van der Waals surface area contributed by atoms with Gasteiger partial charge < -0.3 is 14.5 Å². The molecule has 0 aliphatic heterocycles. The summed E-state index contributed by atoms with van der Waals surface area (Å²) < 4.78 is 10.3. The first-order valence-electron chi connectivity index (χ1n) is 5.43. The molecule has 18 heavy (non-hydrogen) atoms. The summed E-state index contributed by atoms with van der Waals surface area (Å²) in [4.78, 5) is 7.95. The average Bonchev–Trinajstić information content (AvgIpc) is 2.84. The predicted octanol–water partition coefficient (Wildman–Crippen LogP) is 0.339. The second kappa shape index (κ2) is 6.62. The summed E-state index contributed by atoms with van der Waals surface area (Å²) in [5.74, 6) is 1.05. The summed E-state index contributed by atoms with van der Waals surface area (Å²) in [6.45, 7) is 1.86. The number of hydrogen-bond donors (Lipinski definition) is 2. The molecule has 0 saturated carbocycles. The van der Waals surface area contributed by atoms with Gasteiger partial charge in [0.05, 0.1) is 19.3 Å². The van der Waals surface area contributed by atoms with Crippen molar-refractivity contribution in [2.75, 3.05) is 25.6 Å². The van der Waals surface area contributed by atoms with Gasteiger partial charge in [0.1, 0.15) is 0 Å². The zero-order valence-electron chi connectivity index (χ0n) is 9.96. The second-order valence-electron chi connectivity index (χ2n) is 3.39. The fraction of sp³-hybridized carbons (Fsp3) is 0.400. The van der Waals surface area contributed by atoms with Gasteiger partial charge in [-0.25, -0.2) is 4.98 Å². The van der Waals surface area contributed by atoms with E-state index in [1.54, 1.807) is 25.7 Å². The van der Waals surface area contributed by atoms with Gasteiger partial charge in [0.15, 0.2) is 5.82 Å². The van der Waals surface area contributed by atoms with Crippen LogP contribution in [0.4, 0.5) is 11.8 Å². The molecule has 2 aromatic rings. The normalized spacial score (nSPS) is 10.5. The van der Waals surface area contributed by atoms with Crippen LogP contribution in [0.3, 0.4) is 0 Å². The van der Waals surface area contributed by atoms with E-state index in [0.29, 0.717) is 30.9 Å². The topological polar surface area (TPSA) is 98.0 Å². The summed E-state index contributed by atoms with van der Waals surface area (Å²) in [7, 11) is 1.65. The molecular formula is C10H14N6O2. The Morgan fingerprint density at radius 3 is 3.06 bits per heavy atom. The molecule has 0 fully saturated rings. The van der Waals surface area contributed by atoms with Crippen molar-refractivity contribution in [1.82, 2.24) is 25.5 Å². The molecular weight excluding hydrogens is 236 g/mol. The summed E-state index contributed by atoms with van der Waals surface area (Å²) in [6, 6.07) is 0.291. The first-order valence-corrected chi connectivity index (χ1v) is 5.43. The fourth-order valence-corrected chi connectivity index (χ4v) is 1.22. The van der Waals surface area contributed by atoms with E-state index in [9.17, 15) is 0 Å². The lowest BCUT2D eigenvalue weighted by Gasteiger charge is -1.99. The third-order valence-corrected chi connectivity index (χ3v) is 2.02. The molecule has 0 atom stereocenters. The average molecular weight is 250 g/mol. The highest BCUT2D eigenvalue weighted by atomic mass is 16.5. The number of methoxy groups -OCH3 is 1. The largest absolute Gasteiger partial charge is 0.406 e. The van der Waals surface area contributed by atoms with Gasteiger partial charge in [0.25, 0.3) is 0 Å². The minimum Gasteiger partial charge on any atom is -0.406 e. The van der Waals surface area contributed by atoms with Crippen LogP contribution in [0.25, 0.3) is 0 Å². The molecule has 0 aromatic carbocycles. The van der Waals surface area contributed by atoms with Crippen molar-refractivity contribution < 1.29 is 9.15 Å². The number of nitrogens with one attached hydrogen (secondary N) is 2. The van der Waals surface area contributed by atoms with E-state index < -0.39 is 0 Å². The molecule has 96 valence electrons. The highest BCUT2D eigenvalue weighted by Crippen LogP contribution is 2.10. The molecule has 0 saturated heterocycles. The zero-order valence-corrected chi connectivity index (χ0v) is 9.96. The maximum Gasteiger partial charge on any atom is 0.321 e. The van der Waals surface area contributed by atoms with Gasteiger partial charge in [-0.3, -0.25) is 10.3 Å². The van der Waals surface area contributed by atoms with Crippen molar-refractivity contribution in [1.29, 1.82) is 0 Å². The Morgan fingerprint density at radius 1 is 1.33 bits per heavy atom. The SMILES string of the molecule is COCCNCc1nnc(Nc2cnccn2)o1. The highest BCUT2D eigenvalue weighted by Gasteiger charge is 2.06. The van der Waals surface area contributed by atoms with Gasteiger partial charge in [0, 0.05) is 26.0 Å². The maximum absolute atomic E-state index is 5.36. The van der Waals surface area contributed by atoms with E-state index >= 15 is 0 Å². The molecule has 8 nitrogen and oxygen atoms in total. The molecule has 2 aromatic heterocycles. The van der Waals surface area contributed by atoms with Crippen LogP contribution >= 0.6 is 0 Å². The standard InChI is InChI=1S/C10H14N6O2/c1-17-5-4-12-7-9-15-16-10(18-9)14-8-6-11-2-3-13-8/h2-3,6,12H,4-5,7H2,1H3,(H,13,14,16). The maximum atomic E-state index is 5.36. The van der Waals surface area contributed by atoms with Crippen LogP contribution in [-0.2, 0) is 11.3 Å². The number of hydrogen-bond acceptors (Lipinski definition) is 8. The molecule has 0 aliphatic rings. The Kier molecular flexibility index (Phi) is 4.56. The molecule has 0 bridgehead atoms. The van der Waals surface area contributed by atoms with Gasteiger partial charge in [-0.2, -0.15) is 0 Å². The van der Waals surface area contributed by atoms with E-state index in [2.05, 4.69) is 30.8 Å². The molecule has 0 spiro atoms. The number of aromatic nitrogens is 4. The van der Waals surface area contributed by atoms with Crippen LogP contribution in [0.2, 0.25) is 0 Å². The van der Waals surface area contributed by atoms with Gasteiger partial charge in [-0.05, 0) is 0 Å². The summed E-state index contributed by atoms with van der Waals surface area (Å²) in [5, 5.41) is 13.7. The smallest absolute Gasteiger partial charge is 0.321 e. The summed E-state index contributed by atoms with van der Waals surface area (Å²) in [6.07, 6.45) is 4.73. The number of ether oxygens (including phenoxy) is 1. The van der Waals surface area contributed by atoms with Gasteiger partial charge in [0.2, 0.25) is 5.89 Å². The first-order chi connectivity index (χ1) is 8.88. The zero-order chi connectivity index (χ0) is 12.6. The van der Waals surface area contributed by atoms with Gasteiger partial charge in [-0.1, -0.05) is 5.10 Å². The number of nitrogens with zero attached hydrogens (tertiary/aromatic N) is 4. The molecule has 2 rings (SSSR count). The van der Waals surface area contributed by atoms with Crippen molar-refractivity contribution in [3.8, 4) is 0 Å². The number of rotatable bonds is 7. The van der Waals surface area contributed by atoms with Crippen LogP contribution in [0.5, 0.6) is 0 Å². The Bertz CT molecular complexity index is 460. The molecule has 2 heterocycles. The van der Waals surface area contributed by atoms with Crippen LogP contribution in [0.15, 0.2) is 23.0 Å². The first kappa shape index (κ1) is 12.4. The van der Waals surface area contributed by atoms with Crippen LogP contribution in [0, 0.1) is 0 Å². The number of anilines is 2. The van der Waals surface area contributed by atoms with E-state index in [-0.39, 0.29) is 0 Å². The minimum absolute atomic E-state index is 0.291. The van der Waals surface area contributed by atoms with Crippen LogP contribution < -0.4 is 10.6 Å². The van der Waals surface area contributed by atoms with Crippen molar-refractivity contribution in [2.24, 2.45) is 0 Å². The van der Waals surface area contributed by atoms with Crippen molar-refractivity contribution >= 4 is 11.8 Å². The van der Waals surface area contributed by atoms with Gasteiger partial charge >= 0.3 is 6.01 Å². The predicted molar refractivity (Wildman–Crippen MR) is 63.2 cm³/mol. The Morgan fingerprint density at radius 2 is 2.28 bits per heavy atom. The van der Waals surface area contributed by atoms with Crippen molar-refractivity contribution in [3.63, 3.8) is 0 Å². The summed E-state index contributed by atoms with van der Waals surface area (Å²) >= 11 is 0. The molecule has 0 aliphatic carbocycles. The Balaban J connectivity index is 1.83. The van der Waals surface area contributed by atoms with E-state index in [1.165, 1.54) is 0 Å². The van der Waals surface area contributed by atoms with E-state index in [0.717, 1.165) is 6.54 Å². The molecule has 0 amide bonds. The molecule has 0 unspecified atom stereocenters. The lowest BCUT2D eigenvalue weighted by molar-refractivity contribution is 0.198. The second-order valence-corrected chi connectivity index (χ2v) is 3.39. The quantitative estimate of drug-likeness (QED) is 0.679. The molecule has 8 heteroatoms. The van der Waals surface area contributed by atoms with Crippen molar-refractivity contribution in [2.45, 2.75) is 6.54 Å². The molecule has 2 N–H and O–H groups in total. The highest BCUT2D eigenvalue weighted by molar-refractivity contribution is 5.42. The third-order valence-electron chi connectivity index (χ3n) is 2.02. The molecule has 0 radical (unpaired) electrons. The van der Waals surface area contributed by atoms with E-state index in [4.69, 9.17) is 9.15 Å². The minimum atomic E-state index is 0.291. The van der Waals surface area contributed by atoms with Crippen molar-refractivity contribution in [3.05, 3.63) is 24.5 Å². The van der Waals surface area contributed by atoms with E-state index in [1.807, 2.05) is 0 Å². The lowest BCUT2D eigenvalue weighted by atomic mass is 10.6. The Hall–Kier alpha value is -2.06. The summed E-state index contributed by atoms with van der Waals surface area (Å²) in [5.41, 5.74) is 0.